The average Bonchev–Trinajstić information content (AvgIpc) is 3.05. The first kappa shape index (κ1) is 19.5. The number of nitrogens with one attached hydrogen (secondary N) is 1. The van der Waals surface area contributed by atoms with E-state index < -0.39 is 6.04 Å². The van der Waals surface area contributed by atoms with Crippen LogP contribution >= 0.6 is 0 Å². The van der Waals surface area contributed by atoms with Gasteiger partial charge in [-0.2, -0.15) is 5.10 Å². The lowest BCUT2D eigenvalue weighted by molar-refractivity contribution is -0.119. The minimum atomic E-state index is -0.818. The van der Waals surface area contributed by atoms with Crippen molar-refractivity contribution in [3.63, 3.8) is 0 Å². The zero-order valence-electron chi connectivity index (χ0n) is 17.2. The summed E-state index contributed by atoms with van der Waals surface area (Å²) in [5, 5.41) is 12.5. The van der Waals surface area contributed by atoms with Crippen LogP contribution in [0.2, 0.25) is 0 Å². The molecule has 0 aliphatic rings. The number of carbonyl (C=O) groups is 1. The molecular formula is C22H22N6O2. The molecule has 8 nitrogen and oxygen atoms in total. The summed E-state index contributed by atoms with van der Waals surface area (Å²) in [5.74, 6) is 0.135. The van der Waals surface area contributed by atoms with Gasteiger partial charge in [0.2, 0.25) is 5.91 Å². The first-order valence-corrected chi connectivity index (χ1v) is 9.64. The van der Waals surface area contributed by atoms with E-state index in [1.165, 1.54) is 10.7 Å². The summed E-state index contributed by atoms with van der Waals surface area (Å²) in [6.07, 6.45) is 0. The average molecular weight is 402 g/mol. The SMILES string of the molecule is Cc1cc(NC(=O)C(C)n2nc(-n3nc(C)cc3C)ccc2=O)c2ccccc2n1. The molecule has 0 spiro atoms. The molecule has 0 aliphatic heterocycles. The first-order chi connectivity index (χ1) is 14.3. The Kier molecular flexibility index (Phi) is 4.91. The van der Waals surface area contributed by atoms with E-state index in [1.54, 1.807) is 17.7 Å². The number of aromatic nitrogens is 5. The topological polar surface area (TPSA) is 94.7 Å². The highest BCUT2D eigenvalue weighted by atomic mass is 16.2. The third-order valence-corrected chi connectivity index (χ3v) is 4.89. The minimum Gasteiger partial charge on any atom is -0.324 e. The van der Waals surface area contributed by atoms with Crippen molar-refractivity contribution < 1.29 is 4.79 Å². The molecule has 1 N–H and O–H groups in total. The van der Waals surface area contributed by atoms with Crippen LogP contribution < -0.4 is 10.9 Å². The molecule has 0 aliphatic carbocycles. The maximum absolute atomic E-state index is 13.0. The molecule has 0 bridgehead atoms. The van der Waals surface area contributed by atoms with Gasteiger partial charge in [0.05, 0.1) is 16.9 Å². The van der Waals surface area contributed by atoms with Crippen molar-refractivity contribution in [2.45, 2.75) is 33.7 Å². The molecule has 1 atom stereocenters. The first-order valence-electron chi connectivity index (χ1n) is 9.64. The van der Waals surface area contributed by atoms with E-state index in [0.29, 0.717) is 11.5 Å². The van der Waals surface area contributed by atoms with E-state index >= 15 is 0 Å². The van der Waals surface area contributed by atoms with Gasteiger partial charge in [0, 0.05) is 22.8 Å². The number of hydrogen-bond acceptors (Lipinski definition) is 5. The van der Waals surface area contributed by atoms with Gasteiger partial charge in [-0.3, -0.25) is 14.6 Å². The number of rotatable bonds is 4. The van der Waals surface area contributed by atoms with Gasteiger partial charge in [0.1, 0.15) is 6.04 Å². The van der Waals surface area contributed by atoms with Crippen LogP contribution in [0.4, 0.5) is 5.69 Å². The van der Waals surface area contributed by atoms with E-state index in [2.05, 4.69) is 20.5 Å². The lowest BCUT2D eigenvalue weighted by atomic mass is 10.1. The lowest BCUT2D eigenvalue weighted by Crippen LogP contribution is -2.33. The zero-order chi connectivity index (χ0) is 21.4. The molecular weight excluding hydrogens is 380 g/mol. The van der Waals surface area contributed by atoms with Crippen molar-refractivity contribution in [2.75, 3.05) is 5.32 Å². The van der Waals surface area contributed by atoms with Crippen molar-refractivity contribution in [3.8, 4) is 5.82 Å². The molecule has 1 aromatic carbocycles. The molecule has 3 aromatic heterocycles. The third kappa shape index (κ3) is 3.59. The number of aryl methyl sites for hydroxylation is 3. The standard InChI is InChI=1S/C22H22N6O2/c1-13-12-19(17-7-5-6-8-18(17)23-13)24-22(30)16(4)28-21(29)10-9-20(26-28)27-15(3)11-14(2)25-27/h5-12,16H,1-4H3,(H,23,24,30). The molecule has 0 saturated carbocycles. The van der Waals surface area contributed by atoms with Crippen LogP contribution in [0.1, 0.15) is 30.0 Å². The largest absolute Gasteiger partial charge is 0.324 e. The summed E-state index contributed by atoms with van der Waals surface area (Å²) in [6.45, 7) is 7.31. The number of nitrogens with zero attached hydrogens (tertiary/aromatic N) is 5. The van der Waals surface area contributed by atoms with Crippen LogP contribution in [0.25, 0.3) is 16.7 Å². The summed E-state index contributed by atoms with van der Waals surface area (Å²) in [4.78, 5) is 29.9. The van der Waals surface area contributed by atoms with E-state index in [9.17, 15) is 9.59 Å². The number of para-hydroxylation sites is 1. The molecule has 1 amide bonds. The second-order valence-electron chi connectivity index (χ2n) is 7.31. The molecule has 0 fully saturated rings. The van der Waals surface area contributed by atoms with E-state index in [1.807, 2.05) is 57.2 Å². The molecule has 1 unspecified atom stereocenters. The summed E-state index contributed by atoms with van der Waals surface area (Å²) >= 11 is 0. The highest BCUT2D eigenvalue weighted by Gasteiger charge is 2.20. The Morgan fingerprint density at radius 3 is 2.50 bits per heavy atom. The fourth-order valence-electron chi connectivity index (χ4n) is 3.43. The summed E-state index contributed by atoms with van der Waals surface area (Å²) in [5.41, 5.74) is 3.61. The number of benzene rings is 1. The molecule has 30 heavy (non-hydrogen) atoms. The number of amides is 1. The van der Waals surface area contributed by atoms with Crippen LogP contribution in [0.3, 0.4) is 0 Å². The number of carbonyl (C=O) groups excluding carboxylic acids is 1. The smallest absolute Gasteiger partial charge is 0.267 e. The van der Waals surface area contributed by atoms with Crippen molar-refractivity contribution >= 4 is 22.5 Å². The quantitative estimate of drug-likeness (QED) is 0.566. The van der Waals surface area contributed by atoms with Gasteiger partial charge in [0.25, 0.3) is 5.56 Å². The van der Waals surface area contributed by atoms with Gasteiger partial charge in [-0.05, 0) is 52.0 Å². The number of hydrogen-bond donors (Lipinski definition) is 1. The summed E-state index contributed by atoms with van der Waals surface area (Å²) in [6, 6.07) is 13.5. The predicted molar refractivity (Wildman–Crippen MR) is 115 cm³/mol. The molecule has 4 aromatic rings. The van der Waals surface area contributed by atoms with Crippen molar-refractivity contribution in [3.05, 3.63) is 76.0 Å². The lowest BCUT2D eigenvalue weighted by Gasteiger charge is -2.16. The second kappa shape index (κ2) is 7.55. The second-order valence-corrected chi connectivity index (χ2v) is 7.31. The Morgan fingerprint density at radius 1 is 1.00 bits per heavy atom. The third-order valence-electron chi connectivity index (χ3n) is 4.89. The normalized spacial score (nSPS) is 12.1. The molecule has 0 saturated heterocycles. The monoisotopic (exact) mass is 402 g/mol. The van der Waals surface area contributed by atoms with Crippen LogP contribution in [0, 0.1) is 20.8 Å². The molecule has 0 radical (unpaired) electrons. The Balaban J connectivity index is 1.68. The fourth-order valence-corrected chi connectivity index (χ4v) is 3.43. The Labute approximate surface area is 173 Å². The maximum Gasteiger partial charge on any atom is 0.267 e. The maximum atomic E-state index is 13.0. The van der Waals surface area contributed by atoms with Crippen molar-refractivity contribution in [2.24, 2.45) is 0 Å². The van der Waals surface area contributed by atoms with Gasteiger partial charge in [0.15, 0.2) is 5.82 Å². The van der Waals surface area contributed by atoms with Crippen molar-refractivity contribution in [1.82, 2.24) is 24.5 Å². The van der Waals surface area contributed by atoms with Gasteiger partial charge in [-0.25, -0.2) is 9.36 Å². The van der Waals surface area contributed by atoms with Crippen LogP contribution in [0.15, 0.2) is 53.3 Å². The zero-order valence-corrected chi connectivity index (χ0v) is 17.2. The Hall–Kier alpha value is -3.81. The minimum absolute atomic E-state index is 0.342. The van der Waals surface area contributed by atoms with Crippen LogP contribution in [-0.2, 0) is 4.79 Å². The Bertz CT molecular complexity index is 1320. The van der Waals surface area contributed by atoms with E-state index in [-0.39, 0.29) is 11.5 Å². The fraction of sp³-hybridized carbons (Fsp3) is 0.227. The van der Waals surface area contributed by atoms with Crippen LogP contribution in [-0.4, -0.2) is 30.5 Å². The van der Waals surface area contributed by atoms with Gasteiger partial charge >= 0.3 is 0 Å². The highest BCUT2D eigenvalue weighted by Crippen LogP contribution is 2.23. The Morgan fingerprint density at radius 2 is 1.77 bits per heavy atom. The predicted octanol–water partition coefficient (Wildman–Crippen LogP) is 3.10. The number of pyridine rings is 1. The summed E-state index contributed by atoms with van der Waals surface area (Å²) in [7, 11) is 0. The number of anilines is 1. The van der Waals surface area contributed by atoms with Gasteiger partial charge in [-0.1, -0.05) is 18.2 Å². The van der Waals surface area contributed by atoms with Gasteiger partial charge < -0.3 is 5.32 Å². The molecule has 152 valence electrons. The van der Waals surface area contributed by atoms with E-state index in [4.69, 9.17) is 0 Å². The molecule has 8 heteroatoms. The highest BCUT2D eigenvalue weighted by molar-refractivity contribution is 6.02. The van der Waals surface area contributed by atoms with Crippen molar-refractivity contribution in [1.29, 1.82) is 0 Å². The molecule has 3 heterocycles. The van der Waals surface area contributed by atoms with Gasteiger partial charge in [-0.15, -0.1) is 5.10 Å². The van der Waals surface area contributed by atoms with E-state index in [0.717, 1.165) is 28.0 Å². The van der Waals surface area contributed by atoms with Crippen LogP contribution in [0.5, 0.6) is 0 Å². The summed E-state index contributed by atoms with van der Waals surface area (Å²) < 4.78 is 2.83. The molecule has 4 rings (SSSR count). The number of fused-ring (bicyclic) bond motifs is 1.